The van der Waals surface area contributed by atoms with Gasteiger partial charge in [0.05, 0.1) is 10.5 Å². The minimum atomic E-state index is -3.77. The van der Waals surface area contributed by atoms with Crippen molar-refractivity contribution < 1.29 is 22.7 Å². The predicted molar refractivity (Wildman–Crippen MR) is 142 cm³/mol. The summed E-state index contributed by atoms with van der Waals surface area (Å²) in [6, 6.07) is 11.3. The van der Waals surface area contributed by atoms with Gasteiger partial charge in [0.1, 0.15) is 0 Å². The van der Waals surface area contributed by atoms with Crippen molar-refractivity contribution in [3.8, 4) is 0 Å². The van der Waals surface area contributed by atoms with Crippen molar-refractivity contribution in [2.24, 2.45) is 23.2 Å². The minimum Gasteiger partial charge on any atom is -0.452 e. The number of hydrogen-bond acceptors (Lipinski definition) is 5. The summed E-state index contributed by atoms with van der Waals surface area (Å²) in [5.41, 5.74) is 2.26. The van der Waals surface area contributed by atoms with Crippen LogP contribution in [-0.4, -0.2) is 32.9 Å². The van der Waals surface area contributed by atoms with Crippen molar-refractivity contribution in [1.29, 1.82) is 0 Å². The Morgan fingerprint density at radius 1 is 0.973 bits per heavy atom. The summed E-state index contributed by atoms with van der Waals surface area (Å²) in [6.07, 6.45) is 7.63. The number of rotatable bonds is 8. The lowest BCUT2D eigenvalue weighted by Gasteiger charge is -2.59. The molecular weight excluding hydrogens is 488 g/mol. The van der Waals surface area contributed by atoms with E-state index in [0.29, 0.717) is 11.3 Å². The van der Waals surface area contributed by atoms with Crippen molar-refractivity contribution in [2.45, 2.75) is 70.2 Å². The number of ether oxygens (including phenoxy) is 1. The lowest BCUT2D eigenvalue weighted by Crippen LogP contribution is -2.56. The molecule has 2 N–H and O–H groups in total. The second-order valence-corrected chi connectivity index (χ2v) is 13.2. The fourth-order valence-electron chi connectivity index (χ4n) is 7.24. The molecule has 37 heavy (non-hydrogen) atoms. The molecule has 8 heteroatoms. The summed E-state index contributed by atoms with van der Waals surface area (Å²) in [7, 11) is -3.77. The molecule has 1 unspecified atom stereocenters. The van der Waals surface area contributed by atoms with E-state index >= 15 is 0 Å². The molecule has 2 aromatic rings. The fraction of sp³-hybridized carbons (Fsp3) is 0.517. The van der Waals surface area contributed by atoms with E-state index in [4.69, 9.17) is 4.74 Å². The number of benzene rings is 2. The van der Waals surface area contributed by atoms with E-state index in [0.717, 1.165) is 23.3 Å². The van der Waals surface area contributed by atoms with Gasteiger partial charge in [-0.1, -0.05) is 12.1 Å². The highest BCUT2D eigenvalue weighted by Gasteiger charge is 2.53. The highest BCUT2D eigenvalue weighted by atomic mass is 32.2. The third-order valence-electron chi connectivity index (χ3n) is 8.72. The van der Waals surface area contributed by atoms with Gasteiger partial charge in [-0.05, 0) is 124 Å². The lowest BCUT2D eigenvalue weighted by molar-refractivity contribution is -0.128. The van der Waals surface area contributed by atoms with Crippen molar-refractivity contribution in [2.75, 3.05) is 11.3 Å². The van der Waals surface area contributed by atoms with Gasteiger partial charge in [0.2, 0.25) is 0 Å². The number of sulfonamides is 1. The number of carbonyl (C=O) groups is 2. The van der Waals surface area contributed by atoms with E-state index in [1.165, 1.54) is 62.8 Å². The van der Waals surface area contributed by atoms with Crippen LogP contribution in [0.5, 0.6) is 0 Å². The van der Waals surface area contributed by atoms with Gasteiger partial charge in [0.25, 0.3) is 15.9 Å². The van der Waals surface area contributed by atoms with Crippen LogP contribution in [0.2, 0.25) is 0 Å². The highest BCUT2D eigenvalue weighted by Crippen LogP contribution is 2.61. The van der Waals surface area contributed by atoms with Crippen LogP contribution in [0.1, 0.15) is 66.9 Å². The molecule has 0 spiro atoms. The second-order valence-electron chi connectivity index (χ2n) is 11.6. The Balaban J connectivity index is 1.14. The molecule has 4 bridgehead atoms. The lowest BCUT2D eigenvalue weighted by atomic mass is 9.48. The van der Waals surface area contributed by atoms with E-state index in [2.05, 4.69) is 17.0 Å². The van der Waals surface area contributed by atoms with Crippen LogP contribution in [0.4, 0.5) is 5.69 Å². The maximum atomic E-state index is 12.8. The molecule has 1 amide bonds. The van der Waals surface area contributed by atoms with Crippen LogP contribution in [0.25, 0.3) is 0 Å². The zero-order chi connectivity index (χ0) is 26.4. The molecule has 4 aliphatic carbocycles. The molecule has 0 saturated heterocycles. The zero-order valence-corrected chi connectivity index (χ0v) is 22.6. The molecule has 2 aromatic carbocycles. The minimum absolute atomic E-state index is 0.0662. The summed E-state index contributed by atoms with van der Waals surface area (Å²) < 4.78 is 33.4. The molecule has 7 nitrogen and oxygen atoms in total. The summed E-state index contributed by atoms with van der Waals surface area (Å²) in [6.45, 7) is 5.34. The molecule has 1 atom stereocenters. The van der Waals surface area contributed by atoms with E-state index in [-0.39, 0.29) is 34.4 Å². The van der Waals surface area contributed by atoms with Gasteiger partial charge < -0.3 is 10.1 Å². The standard InChI is InChI=1S/C29H36N2O5S/c1-18-4-5-19(2)26(10-18)37(34,35)31-25-8-6-24(7-9-25)28(33)36-17-27(32)30-20(3)29-14-21-11-22(15-29)13-23(12-21)16-29/h4-10,20-23,31H,11-17H2,1-3H3,(H,30,32). The summed E-state index contributed by atoms with van der Waals surface area (Å²) >= 11 is 0. The van der Waals surface area contributed by atoms with Crippen LogP contribution in [0.15, 0.2) is 47.4 Å². The third-order valence-corrected chi connectivity index (χ3v) is 10.2. The molecule has 0 aromatic heterocycles. The Morgan fingerprint density at radius 3 is 2.16 bits per heavy atom. The summed E-state index contributed by atoms with van der Waals surface area (Å²) in [5.74, 6) is 1.50. The zero-order valence-electron chi connectivity index (χ0n) is 21.8. The quantitative estimate of drug-likeness (QED) is 0.474. The molecule has 6 rings (SSSR count). The average Bonchev–Trinajstić information content (AvgIpc) is 2.83. The number of aryl methyl sites for hydroxylation is 2. The number of anilines is 1. The van der Waals surface area contributed by atoms with Gasteiger partial charge in [0, 0.05) is 11.7 Å². The second kappa shape index (κ2) is 9.78. The van der Waals surface area contributed by atoms with E-state index in [9.17, 15) is 18.0 Å². The van der Waals surface area contributed by atoms with Crippen LogP contribution >= 0.6 is 0 Å². The van der Waals surface area contributed by atoms with E-state index in [1.807, 2.05) is 13.0 Å². The number of hydrogen-bond donors (Lipinski definition) is 2. The molecule has 4 aliphatic rings. The van der Waals surface area contributed by atoms with Gasteiger partial charge in [0.15, 0.2) is 6.61 Å². The molecule has 198 valence electrons. The number of amides is 1. The first kappa shape index (κ1) is 25.8. The van der Waals surface area contributed by atoms with E-state index in [1.54, 1.807) is 19.1 Å². The fourth-order valence-corrected chi connectivity index (χ4v) is 8.63. The Morgan fingerprint density at radius 2 is 1.57 bits per heavy atom. The Labute approximate surface area is 219 Å². The molecule has 0 heterocycles. The topological polar surface area (TPSA) is 102 Å². The molecular formula is C29H36N2O5S. The van der Waals surface area contributed by atoms with Crippen LogP contribution in [0.3, 0.4) is 0 Å². The van der Waals surface area contributed by atoms with Crippen molar-refractivity contribution in [3.63, 3.8) is 0 Å². The van der Waals surface area contributed by atoms with Crippen LogP contribution in [-0.2, 0) is 19.6 Å². The molecule has 0 aliphatic heterocycles. The van der Waals surface area contributed by atoms with Gasteiger partial charge in [-0.2, -0.15) is 0 Å². The smallest absolute Gasteiger partial charge is 0.338 e. The van der Waals surface area contributed by atoms with Crippen molar-refractivity contribution >= 4 is 27.6 Å². The predicted octanol–water partition coefficient (Wildman–Crippen LogP) is 4.98. The van der Waals surface area contributed by atoms with Gasteiger partial charge >= 0.3 is 5.97 Å². The Hall–Kier alpha value is -2.87. The van der Waals surface area contributed by atoms with Crippen molar-refractivity contribution in [3.05, 3.63) is 59.2 Å². The van der Waals surface area contributed by atoms with Crippen molar-refractivity contribution in [1.82, 2.24) is 5.32 Å². The van der Waals surface area contributed by atoms with Gasteiger partial charge in [-0.15, -0.1) is 0 Å². The number of carbonyl (C=O) groups excluding carboxylic acids is 2. The monoisotopic (exact) mass is 524 g/mol. The van der Waals surface area contributed by atoms with Crippen LogP contribution in [0, 0.1) is 37.0 Å². The Kier molecular flexibility index (Phi) is 6.81. The number of esters is 1. The Bertz CT molecular complexity index is 1270. The first-order valence-corrected chi connectivity index (χ1v) is 14.7. The molecule has 0 radical (unpaired) electrons. The SMILES string of the molecule is Cc1ccc(C)c(S(=O)(=O)Nc2ccc(C(=O)OCC(=O)NC(C)C34CC5CC(CC(C5)C3)C4)cc2)c1. The maximum Gasteiger partial charge on any atom is 0.338 e. The van der Waals surface area contributed by atoms with Gasteiger partial charge in [-0.3, -0.25) is 9.52 Å². The first-order valence-electron chi connectivity index (χ1n) is 13.2. The largest absolute Gasteiger partial charge is 0.452 e. The summed E-state index contributed by atoms with van der Waals surface area (Å²) in [4.78, 5) is 25.3. The molecule has 4 saturated carbocycles. The average molecular weight is 525 g/mol. The maximum absolute atomic E-state index is 12.8. The summed E-state index contributed by atoms with van der Waals surface area (Å²) in [5, 5.41) is 3.11. The van der Waals surface area contributed by atoms with E-state index < -0.39 is 16.0 Å². The highest BCUT2D eigenvalue weighted by molar-refractivity contribution is 7.92. The third kappa shape index (κ3) is 5.40. The molecule has 4 fully saturated rings. The first-order chi connectivity index (χ1) is 17.5. The van der Waals surface area contributed by atoms with Gasteiger partial charge in [-0.25, -0.2) is 13.2 Å². The van der Waals surface area contributed by atoms with Crippen LogP contribution < -0.4 is 10.0 Å². The normalized spacial score (nSPS) is 26.9. The number of nitrogens with one attached hydrogen (secondary N) is 2.